The van der Waals surface area contributed by atoms with Crippen molar-refractivity contribution in [3.05, 3.63) is 0 Å². The summed E-state index contributed by atoms with van der Waals surface area (Å²) < 4.78 is 4.84. The van der Waals surface area contributed by atoms with Gasteiger partial charge in [0.05, 0.1) is 12.6 Å². The van der Waals surface area contributed by atoms with Crippen LogP contribution in [0.1, 0.15) is 40.5 Å². The second kappa shape index (κ2) is 8.06. The summed E-state index contributed by atoms with van der Waals surface area (Å²) in [6.07, 6.45) is 1.48. The van der Waals surface area contributed by atoms with Crippen LogP contribution in [-0.4, -0.2) is 42.0 Å². The van der Waals surface area contributed by atoms with Crippen LogP contribution in [0.2, 0.25) is 0 Å². The maximum absolute atomic E-state index is 12.0. The van der Waals surface area contributed by atoms with Crippen molar-refractivity contribution in [3.8, 4) is 0 Å². The van der Waals surface area contributed by atoms with Gasteiger partial charge in [0.1, 0.15) is 6.54 Å². The van der Waals surface area contributed by atoms with Crippen LogP contribution in [-0.2, 0) is 14.3 Å². The summed E-state index contributed by atoms with van der Waals surface area (Å²) in [5.41, 5.74) is 5.77. The van der Waals surface area contributed by atoms with Crippen LogP contribution in [0, 0.1) is 0 Å². The predicted molar refractivity (Wildman–Crippen MR) is 66.4 cm³/mol. The zero-order valence-electron chi connectivity index (χ0n) is 11.2. The molecule has 0 unspecified atom stereocenters. The molecule has 0 aliphatic rings. The molecule has 0 radical (unpaired) electrons. The molecule has 100 valence electrons. The van der Waals surface area contributed by atoms with Crippen LogP contribution in [0.5, 0.6) is 0 Å². The van der Waals surface area contributed by atoms with Crippen molar-refractivity contribution >= 4 is 11.9 Å². The summed E-state index contributed by atoms with van der Waals surface area (Å²) in [5.74, 6) is -0.576. The van der Waals surface area contributed by atoms with E-state index in [0.29, 0.717) is 13.0 Å². The van der Waals surface area contributed by atoms with Crippen molar-refractivity contribution < 1.29 is 14.3 Å². The van der Waals surface area contributed by atoms with E-state index in [2.05, 4.69) is 0 Å². The Bertz CT molecular complexity index is 254. The number of carbonyl (C=O) groups is 2. The molecule has 0 fully saturated rings. The molecule has 0 saturated heterocycles. The molecule has 17 heavy (non-hydrogen) atoms. The molecule has 0 bridgehead atoms. The molecule has 0 aromatic heterocycles. The third-order valence-corrected chi connectivity index (χ3v) is 2.43. The Morgan fingerprint density at radius 1 is 1.29 bits per heavy atom. The maximum atomic E-state index is 12.0. The fourth-order valence-corrected chi connectivity index (χ4v) is 1.51. The zero-order chi connectivity index (χ0) is 13.4. The third-order valence-electron chi connectivity index (χ3n) is 2.43. The minimum Gasteiger partial charge on any atom is -0.465 e. The molecule has 2 N–H and O–H groups in total. The molecule has 0 saturated carbocycles. The summed E-state index contributed by atoms with van der Waals surface area (Å²) in [6.45, 7) is 7.72. The molecule has 0 aliphatic heterocycles. The second-order valence-corrected chi connectivity index (χ2v) is 4.26. The molecular formula is C12H24N2O3. The first kappa shape index (κ1) is 15.9. The number of hydrogen-bond donors (Lipinski definition) is 1. The van der Waals surface area contributed by atoms with Crippen molar-refractivity contribution in [1.29, 1.82) is 0 Å². The van der Waals surface area contributed by atoms with Gasteiger partial charge in [-0.2, -0.15) is 0 Å². The monoisotopic (exact) mass is 244 g/mol. The highest BCUT2D eigenvalue weighted by molar-refractivity contribution is 5.85. The topological polar surface area (TPSA) is 72.6 Å². The first-order chi connectivity index (χ1) is 7.93. The SMILES string of the molecule is CCC[C@@H](N)C(=O)N(CC(=O)OCC)C(C)C. The number of amides is 1. The van der Waals surface area contributed by atoms with Crippen LogP contribution < -0.4 is 5.73 Å². The highest BCUT2D eigenvalue weighted by Gasteiger charge is 2.25. The van der Waals surface area contributed by atoms with Gasteiger partial charge in [-0.25, -0.2) is 0 Å². The van der Waals surface area contributed by atoms with Gasteiger partial charge in [-0.3, -0.25) is 9.59 Å². The van der Waals surface area contributed by atoms with Gasteiger partial charge in [-0.05, 0) is 27.2 Å². The summed E-state index contributed by atoms with van der Waals surface area (Å²) in [4.78, 5) is 24.9. The van der Waals surface area contributed by atoms with Gasteiger partial charge in [-0.1, -0.05) is 13.3 Å². The smallest absolute Gasteiger partial charge is 0.325 e. The van der Waals surface area contributed by atoms with Gasteiger partial charge in [0.25, 0.3) is 0 Å². The molecule has 1 atom stereocenters. The van der Waals surface area contributed by atoms with E-state index in [1.165, 1.54) is 4.90 Å². The number of nitrogens with two attached hydrogens (primary N) is 1. The minimum absolute atomic E-state index is 0.0260. The largest absolute Gasteiger partial charge is 0.465 e. The highest BCUT2D eigenvalue weighted by atomic mass is 16.5. The summed E-state index contributed by atoms with van der Waals surface area (Å²) in [6, 6.07) is -0.591. The lowest BCUT2D eigenvalue weighted by Gasteiger charge is -2.28. The Hall–Kier alpha value is -1.10. The Morgan fingerprint density at radius 3 is 2.29 bits per heavy atom. The fraction of sp³-hybridized carbons (Fsp3) is 0.833. The normalized spacial score (nSPS) is 12.4. The molecule has 1 amide bonds. The van der Waals surface area contributed by atoms with Crippen molar-refractivity contribution in [3.63, 3.8) is 0 Å². The average molecular weight is 244 g/mol. The first-order valence-corrected chi connectivity index (χ1v) is 6.15. The minimum atomic E-state index is -0.531. The van der Waals surface area contributed by atoms with E-state index in [9.17, 15) is 9.59 Å². The summed E-state index contributed by atoms with van der Waals surface area (Å²) in [7, 11) is 0. The van der Waals surface area contributed by atoms with Gasteiger partial charge in [0.2, 0.25) is 5.91 Å². The molecule has 5 nitrogen and oxygen atoms in total. The predicted octanol–water partition coefficient (Wildman–Crippen LogP) is 0.914. The first-order valence-electron chi connectivity index (χ1n) is 6.15. The van der Waals surface area contributed by atoms with Crippen molar-refractivity contribution in [2.75, 3.05) is 13.2 Å². The molecule has 0 aliphatic carbocycles. The summed E-state index contributed by atoms with van der Waals surface area (Å²) in [5, 5.41) is 0. The third kappa shape index (κ3) is 5.68. The lowest BCUT2D eigenvalue weighted by molar-refractivity contribution is -0.150. The van der Waals surface area contributed by atoms with E-state index in [-0.39, 0.29) is 18.5 Å². The van der Waals surface area contributed by atoms with Gasteiger partial charge < -0.3 is 15.4 Å². The van der Waals surface area contributed by atoms with Crippen LogP contribution in [0.4, 0.5) is 0 Å². The zero-order valence-corrected chi connectivity index (χ0v) is 11.2. The van der Waals surface area contributed by atoms with Gasteiger partial charge >= 0.3 is 5.97 Å². The van der Waals surface area contributed by atoms with Crippen LogP contribution in [0.25, 0.3) is 0 Å². The van der Waals surface area contributed by atoms with E-state index < -0.39 is 12.0 Å². The Kier molecular flexibility index (Phi) is 7.54. The quantitative estimate of drug-likeness (QED) is 0.676. The van der Waals surface area contributed by atoms with E-state index in [4.69, 9.17) is 10.5 Å². The van der Waals surface area contributed by atoms with Crippen LogP contribution in [0.15, 0.2) is 0 Å². The Balaban J connectivity index is 4.51. The molecule has 0 heterocycles. The number of hydrogen-bond acceptors (Lipinski definition) is 4. The number of ether oxygens (including phenoxy) is 1. The number of nitrogens with zero attached hydrogens (tertiary/aromatic N) is 1. The molecular weight excluding hydrogens is 220 g/mol. The fourth-order valence-electron chi connectivity index (χ4n) is 1.51. The maximum Gasteiger partial charge on any atom is 0.325 e. The van der Waals surface area contributed by atoms with Gasteiger partial charge in [-0.15, -0.1) is 0 Å². The van der Waals surface area contributed by atoms with Gasteiger partial charge in [0, 0.05) is 6.04 Å². The second-order valence-electron chi connectivity index (χ2n) is 4.26. The van der Waals surface area contributed by atoms with Crippen molar-refractivity contribution in [2.24, 2.45) is 5.73 Å². The standard InChI is InChI=1S/C12H24N2O3/c1-5-7-10(13)12(16)14(9(3)4)8-11(15)17-6-2/h9-10H,5-8,13H2,1-4H3/t10-/m1/s1. The molecule has 0 rings (SSSR count). The lowest BCUT2D eigenvalue weighted by Crippen LogP contribution is -2.49. The van der Waals surface area contributed by atoms with E-state index >= 15 is 0 Å². The molecule has 5 heteroatoms. The van der Waals surface area contributed by atoms with E-state index in [1.807, 2.05) is 20.8 Å². The van der Waals surface area contributed by atoms with Crippen molar-refractivity contribution in [1.82, 2.24) is 4.90 Å². The van der Waals surface area contributed by atoms with E-state index in [0.717, 1.165) is 6.42 Å². The Morgan fingerprint density at radius 2 is 1.88 bits per heavy atom. The highest BCUT2D eigenvalue weighted by Crippen LogP contribution is 2.05. The van der Waals surface area contributed by atoms with Gasteiger partial charge in [0.15, 0.2) is 0 Å². The lowest BCUT2D eigenvalue weighted by atomic mass is 10.1. The molecule has 0 aromatic rings. The number of carbonyl (C=O) groups excluding carboxylic acids is 2. The van der Waals surface area contributed by atoms with Crippen molar-refractivity contribution in [2.45, 2.75) is 52.6 Å². The number of rotatable bonds is 7. The van der Waals surface area contributed by atoms with E-state index in [1.54, 1.807) is 6.92 Å². The molecule has 0 aromatic carbocycles. The molecule has 0 spiro atoms. The van der Waals surface area contributed by atoms with Crippen LogP contribution in [0.3, 0.4) is 0 Å². The van der Waals surface area contributed by atoms with Crippen LogP contribution >= 0.6 is 0 Å². The number of esters is 1. The summed E-state index contributed by atoms with van der Waals surface area (Å²) >= 11 is 0. The average Bonchev–Trinajstić information content (AvgIpc) is 2.25. The Labute approximate surface area is 103 Å².